The standard InChI is InChI=1S/C19H21BN6O2S/c1-20(28)26-9-7-25(8-10-26)17-3-5-21-12-16(17)24-19(27)15-2-6-22-18(23-15)14-4-11-29-13-14/h2-6,11-13,28H,7-10H2,1H3,(H,24,27). The van der Waals surface area contributed by atoms with Crippen LogP contribution in [0.4, 0.5) is 11.4 Å². The highest BCUT2D eigenvalue weighted by Crippen LogP contribution is 2.26. The quantitative estimate of drug-likeness (QED) is 0.625. The molecule has 1 saturated heterocycles. The molecule has 4 rings (SSSR count). The molecule has 2 N–H and O–H groups in total. The summed E-state index contributed by atoms with van der Waals surface area (Å²) in [6, 6.07) is 5.42. The molecule has 1 aliphatic rings. The molecule has 148 valence electrons. The highest BCUT2D eigenvalue weighted by atomic mass is 32.1. The summed E-state index contributed by atoms with van der Waals surface area (Å²) in [4.78, 5) is 29.8. The zero-order valence-corrected chi connectivity index (χ0v) is 16.8. The fourth-order valence-electron chi connectivity index (χ4n) is 3.30. The van der Waals surface area contributed by atoms with Gasteiger partial charge in [0.1, 0.15) is 5.69 Å². The van der Waals surface area contributed by atoms with Crippen molar-refractivity contribution in [1.29, 1.82) is 0 Å². The van der Waals surface area contributed by atoms with Gasteiger partial charge >= 0.3 is 7.05 Å². The number of hydrogen-bond acceptors (Lipinski definition) is 8. The molecule has 29 heavy (non-hydrogen) atoms. The van der Waals surface area contributed by atoms with E-state index in [1.165, 1.54) is 0 Å². The topological polar surface area (TPSA) is 94.5 Å². The molecule has 1 aliphatic heterocycles. The SMILES string of the molecule is CB(O)N1CCN(c2ccncc2NC(=O)c2ccnc(-c3ccsc3)n2)CC1. The van der Waals surface area contributed by atoms with Crippen molar-refractivity contribution in [3.05, 3.63) is 53.2 Å². The molecule has 1 amide bonds. The zero-order valence-electron chi connectivity index (χ0n) is 16.0. The first-order valence-electron chi connectivity index (χ1n) is 9.40. The monoisotopic (exact) mass is 408 g/mol. The molecule has 1 fully saturated rings. The van der Waals surface area contributed by atoms with Gasteiger partial charge < -0.3 is 20.1 Å². The van der Waals surface area contributed by atoms with E-state index in [-0.39, 0.29) is 5.91 Å². The average molecular weight is 408 g/mol. The van der Waals surface area contributed by atoms with Crippen molar-refractivity contribution < 1.29 is 9.82 Å². The highest BCUT2D eigenvalue weighted by Gasteiger charge is 2.24. The van der Waals surface area contributed by atoms with Gasteiger partial charge in [-0.15, -0.1) is 0 Å². The Kier molecular flexibility index (Phi) is 5.84. The Morgan fingerprint density at radius 2 is 2.03 bits per heavy atom. The minimum atomic E-state index is -0.455. The van der Waals surface area contributed by atoms with E-state index in [0.29, 0.717) is 17.2 Å². The van der Waals surface area contributed by atoms with Crippen LogP contribution in [0.3, 0.4) is 0 Å². The lowest BCUT2D eigenvalue weighted by atomic mass is 9.84. The van der Waals surface area contributed by atoms with Crippen LogP contribution in [0.1, 0.15) is 10.5 Å². The number of rotatable bonds is 5. The summed E-state index contributed by atoms with van der Waals surface area (Å²) >= 11 is 1.56. The van der Waals surface area contributed by atoms with E-state index in [1.807, 2.05) is 27.7 Å². The van der Waals surface area contributed by atoms with Gasteiger partial charge in [0.2, 0.25) is 0 Å². The Bertz CT molecular complexity index is 976. The van der Waals surface area contributed by atoms with Crippen molar-refractivity contribution in [2.75, 3.05) is 36.4 Å². The van der Waals surface area contributed by atoms with Gasteiger partial charge in [0, 0.05) is 49.5 Å². The second kappa shape index (κ2) is 8.68. The Hall–Kier alpha value is -2.82. The first-order valence-corrected chi connectivity index (χ1v) is 10.3. The van der Waals surface area contributed by atoms with Gasteiger partial charge in [-0.3, -0.25) is 9.78 Å². The lowest BCUT2D eigenvalue weighted by Crippen LogP contribution is -2.51. The molecule has 0 radical (unpaired) electrons. The number of carbonyl (C=O) groups excluding carboxylic acids is 1. The van der Waals surface area contributed by atoms with Crippen molar-refractivity contribution in [3.8, 4) is 11.4 Å². The average Bonchev–Trinajstić information content (AvgIpc) is 3.29. The lowest BCUT2D eigenvalue weighted by Gasteiger charge is -2.37. The summed E-state index contributed by atoms with van der Waals surface area (Å²) in [6.07, 6.45) is 4.95. The number of nitrogens with one attached hydrogen (secondary N) is 1. The van der Waals surface area contributed by atoms with Gasteiger partial charge in [0.05, 0.1) is 17.6 Å². The van der Waals surface area contributed by atoms with Crippen molar-refractivity contribution in [2.45, 2.75) is 6.82 Å². The molecule has 8 nitrogen and oxygen atoms in total. The van der Waals surface area contributed by atoms with Gasteiger partial charge in [-0.2, -0.15) is 11.3 Å². The van der Waals surface area contributed by atoms with Gasteiger partial charge in [-0.25, -0.2) is 9.97 Å². The normalized spacial score (nSPS) is 14.6. The van der Waals surface area contributed by atoms with E-state index in [2.05, 4.69) is 25.2 Å². The van der Waals surface area contributed by atoms with Crippen molar-refractivity contribution >= 4 is 35.7 Å². The number of carbonyl (C=O) groups is 1. The molecule has 0 bridgehead atoms. The smallest absolute Gasteiger partial charge is 0.376 e. The van der Waals surface area contributed by atoms with Gasteiger partial charge in [0.15, 0.2) is 5.82 Å². The van der Waals surface area contributed by atoms with Gasteiger partial charge in [0.25, 0.3) is 5.91 Å². The van der Waals surface area contributed by atoms with Crippen LogP contribution >= 0.6 is 11.3 Å². The molecule has 3 aromatic rings. The number of aromatic nitrogens is 3. The summed E-state index contributed by atoms with van der Waals surface area (Å²) in [5.74, 6) is 0.223. The van der Waals surface area contributed by atoms with E-state index >= 15 is 0 Å². The third-order valence-electron chi connectivity index (χ3n) is 4.90. The molecule has 3 aromatic heterocycles. The highest BCUT2D eigenvalue weighted by molar-refractivity contribution is 7.08. The van der Waals surface area contributed by atoms with Gasteiger partial charge in [-0.05, 0) is 30.4 Å². The van der Waals surface area contributed by atoms with E-state index in [4.69, 9.17) is 0 Å². The minimum Gasteiger partial charge on any atom is -0.437 e. The molecular weight excluding hydrogens is 387 g/mol. The summed E-state index contributed by atoms with van der Waals surface area (Å²) in [6.45, 7) is 4.80. The Morgan fingerprint density at radius 1 is 1.21 bits per heavy atom. The second-order valence-corrected chi connectivity index (χ2v) is 7.56. The third-order valence-corrected chi connectivity index (χ3v) is 5.58. The molecular formula is C19H21BN6O2S. The van der Waals surface area contributed by atoms with E-state index in [0.717, 1.165) is 37.4 Å². The van der Waals surface area contributed by atoms with Crippen LogP contribution in [-0.2, 0) is 0 Å². The first kappa shape index (κ1) is 19.5. The van der Waals surface area contributed by atoms with Crippen molar-refractivity contribution in [1.82, 2.24) is 19.8 Å². The summed E-state index contributed by atoms with van der Waals surface area (Å²) in [5.41, 5.74) is 2.74. The largest absolute Gasteiger partial charge is 0.437 e. The number of hydrogen-bond donors (Lipinski definition) is 2. The van der Waals surface area contributed by atoms with Gasteiger partial charge in [-0.1, -0.05) is 0 Å². The third kappa shape index (κ3) is 4.45. The predicted octanol–water partition coefficient (Wildman–Crippen LogP) is 2.08. The second-order valence-electron chi connectivity index (χ2n) is 6.78. The molecule has 0 aromatic carbocycles. The molecule has 0 atom stereocenters. The summed E-state index contributed by atoms with van der Waals surface area (Å²) < 4.78 is 0. The maximum atomic E-state index is 12.8. The summed E-state index contributed by atoms with van der Waals surface area (Å²) in [7, 11) is -0.455. The fraction of sp³-hybridized carbons (Fsp3) is 0.263. The maximum absolute atomic E-state index is 12.8. The van der Waals surface area contributed by atoms with Crippen LogP contribution in [0.25, 0.3) is 11.4 Å². The van der Waals surface area contributed by atoms with Crippen LogP contribution in [0, 0.1) is 0 Å². The number of pyridine rings is 1. The van der Waals surface area contributed by atoms with E-state index < -0.39 is 7.05 Å². The molecule has 10 heteroatoms. The zero-order chi connectivity index (χ0) is 20.2. The fourth-order valence-corrected chi connectivity index (χ4v) is 3.93. The Morgan fingerprint density at radius 3 is 2.76 bits per heavy atom. The minimum absolute atomic E-state index is 0.301. The molecule has 0 aliphatic carbocycles. The van der Waals surface area contributed by atoms with E-state index in [9.17, 15) is 9.82 Å². The van der Waals surface area contributed by atoms with Crippen LogP contribution in [-0.4, -0.2) is 63.9 Å². The summed E-state index contributed by atoms with van der Waals surface area (Å²) in [5, 5.41) is 16.6. The molecule has 0 unspecified atom stereocenters. The number of anilines is 2. The van der Waals surface area contributed by atoms with Crippen molar-refractivity contribution in [2.24, 2.45) is 0 Å². The molecule has 0 spiro atoms. The van der Waals surface area contributed by atoms with E-state index in [1.54, 1.807) is 42.8 Å². The van der Waals surface area contributed by atoms with Crippen LogP contribution in [0.2, 0.25) is 6.82 Å². The lowest BCUT2D eigenvalue weighted by molar-refractivity contribution is 0.102. The van der Waals surface area contributed by atoms with Crippen LogP contribution in [0.5, 0.6) is 0 Å². The Labute approximate surface area is 173 Å². The number of thiophene rings is 1. The van der Waals surface area contributed by atoms with Crippen LogP contribution < -0.4 is 10.2 Å². The number of nitrogens with zero attached hydrogens (tertiary/aromatic N) is 5. The molecule has 0 saturated carbocycles. The number of amides is 1. The predicted molar refractivity (Wildman–Crippen MR) is 115 cm³/mol. The number of piperazine rings is 1. The maximum Gasteiger partial charge on any atom is 0.376 e. The van der Waals surface area contributed by atoms with Crippen molar-refractivity contribution in [3.63, 3.8) is 0 Å². The first-order chi connectivity index (χ1) is 14.1. The van der Waals surface area contributed by atoms with Crippen LogP contribution in [0.15, 0.2) is 47.5 Å². The Balaban J connectivity index is 1.51. The molecule has 4 heterocycles.